The minimum atomic E-state index is -4.32. The number of aromatic nitrogens is 1. The van der Waals surface area contributed by atoms with Crippen LogP contribution in [0, 0.1) is 0 Å². The molecule has 10 heteroatoms. The third-order valence-electron chi connectivity index (χ3n) is 4.89. The molecule has 0 aliphatic carbocycles. The summed E-state index contributed by atoms with van der Waals surface area (Å²) in [5.41, 5.74) is 1.000. The van der Waals surface area contributed by atoms with Gasteiger partial charge in [-0.3, -0.25) is 4.99 Å². The molecule has 0 aliphatic rings. The predicted molar refractivity (Wildman–Crippen MR) is 130 cm³/mol. The fourth-order valence-electron chi connectivity index (χ4n) is 2.97. The summed E-state index contributed by atoms with van der Waals surface area (Å²) in [7, 11) is 5.28. The lowest BCUT2D eigenvalue weighted by Crippen LogP contribution is -2.39. The molecule has 0 bridgehead atoms. The maximum Gasteiger partial charge on any atom is 0.416 e. The van der Waals surface area contributed by atoms with Gasteiger partial charge in [0.1, 0.15) is 11.1 Å². The van der Waals surface area contributed by atoms with Crippen LogP contribution in [0.5, 0.6) is 0 Å². The number of nitrogens with one attached hydrogen (secondary N) is 1. The van der Waals surface area contributed by atoms with E-state index in [4.69, 9.17) is 4.74 Å². The number of aliphatic imine (C=N–C) groups is 1. The van der Waals surface area contributed by atoms with Crippen molar-refractivity contribution in [3.8, 4) is 0 Å². The van der Waals surface area contributed by atoms with Crippen molar-refractivity contribution < 1.29 is 17.9 Å². The summed E-state index contributed by atoms with van der Waals surface area (Å²) in [6.45, 7) is 5.07. The van der Waals surface area contributed by atoms with Crippen molar-refractivity contribution in [2.45, 2.75) is 45.0 Å². The predicted octanol–water partition coefficient (Wildman–Crippen LogP) is 5.69. The van der Waals surface area contributed by atoms with Crippen LogP contribution in [0.3, 0.4) is 0 Å². The highest BCUT2D eigenvalue weighted by Crippen LogP contribution is 2.31. The minimum Gasteiger partial charge on any atom is -0.375 e. The van der Waals surface area contributed by atoms with Gasteiger partial charge >= 0.3 is 6.18 Å². The Kier molecular flexibility index (Phi) is 11.2. The normalized spacial score (nSPS) is 14.0. The summed E-state index contributed by atoms with van der Waals surface area (Å²) < 4.78 is 44.1. The molecule has 2 unspecified atom stereocenters. The zero-order valence-electron chi connectivity index (χ0n) is 18.4. The molecule has 1 N–H and O–H groups in total. The van der Waals surface area contributed by atoms with E-state index in [1.54, 1.807) is 31.6 Å². The van der Waals surface area contributed by atoms with Crippen molar-refractivity contribution in [2.75, 3.05) is 27.7 Å². The van der Waals surface area contributed by atoms with Gasteiger partial charge in [0.25, 0.3) is 0 Å². The minimum absolute atomic E-state index is 0. The highest BCUT2D eigenvalue weighted by molar-refractivity contribution is 14.0. The van der Waals surface area contributed by atoms with E-state index in [1.807, 2.05) is 31.2 Å². The molecule has 0 saturated carbocycles. The molecule has 0 amide bonds. The van der Waals surface area contributed by atoms with E-state index in [2.05, 4.69) is 15.3 Å². The van der Waals surface area contributed by atoms with Gasteiger partial charge in [-0.1, -0.05) is 25.1 Å². The molecular formula is C21H30F3IN4OS. The number of alkyl halides is 3. The molecule has 0 fully saturated rings. The molecule has 2 rings (SSSR count). The van der Waals surface area contributed by atoms with Gasteiger partial charge in [0.05, 0.1) is 17.8 Å². The SMILES string of the molecule is CN=C(NCCC(C)c1cccc(C(F)(F)F)c1)N(C)Cc1csc(C(C)OC)n1.I. The van der Waals surface area contributed by atoms with Gasteiger partial charge in [-0.15, -0.1) is 35.3 Å². The zero-order valence-corrected chi connectivity index (χ0v) is 21.5. The van der Waals surface area contributed by atoms with E-state index >= 15 is 0 Å². The Labute approximate surface area is 203 Å². The molecule has 2 atom stereocenters. The molecule has 0 aliphatic heterocycles. The van der Waals surface area contributed by atoms with Gasteiger partial charge in [-0.05, 0) is 30.9 Å². The van der Waals surface area contributed by atoms with Crippen molar-refractivity contribution in [2.24, 2.45) is 4.99 Å². The summed E-state index contributed by atoms with van der Waals surface area (Å²) in [6, 6.07) is 5.53. The Balaban J connectivity index is 0.00000480. The summed E-state index contributed by atoms with van der Waals surface area (Å²) >= 11 is 1.56. The highest BCUT2D eigenvalue weighted by Gasteiger charge is 2.30. The van der Waals surface area contributed by atoms with Crippen molar-refractivity contribution in [3.63, 3.8) is 0 Å². The van der Waals surface area contributed by atoms with Gasteiger partial charge in [-0.25, -0.2) is 4.98 Å². The molecule has 1 aromatic heterocycles. The standard InChI is InChI=1S/C21H29F3N4OS.HI/c1-14(16-7-6-8-17(11-16)21(22,23)24)9-10-26-20(25-3)28(4)12-18-13-30-19(27-18)15(2)29-5;/h6-8,11,13-15H,9-10,12H2,1-5H3,(H,25,26);1H. The molecular weight excluding hydrogens is 540 g/mol. The number of guanidine groups is 1. The summed E-state index contributed by atoms with van der Waals surface area (Å²) in [6.07, 6.45) is -3.68. The molecule has 174 valence electrons. The maximum absolute atomic E-state index is 12.9. The number of hydrogen-bond donors (Lipinski definition) is 1. The number of hydrogen-bond acceptors (Lipinski definition) is 4. The maximum atomic E-state index is 12.9. The lowest BCUT2D eigenvalue weighted by atomic mass is 9.96. The van der Waals surface area contributed by atoms with E-state index in [9.17, 15) is 13.2 Å². The van der Waals surface area contributed by atoms with E-state index in [0.29, 0.717) is 31.0 Å². The number of methoxy groups -OCH3 is 1. The summed E-state index contributed by atoms with van der Waals surface area (Å²) in [5, 5.41) is 6.21. The number of benzene rings is 1. The van der Waals surface area contributed by atoms with E-state index in [-0.39, 0.29) is 36.0 Å². The highest BCUT2D eigenvalue weighted by atomic mass is 127. The number of nitrogens with zero attached hydrogens (tertiary/aromatic N) is 3. The lowest BCUT2D eigenvalue weighted by molar-refractivity contribution is -0.137. The average Bonchev–Trinajstić information content (AvgIpc) is 3.18. The Morgan fingerprint density at radius 3 is 2.65 bits per heavy atom. The quantitative estimate of drug-likeness (QED) is 0.252. The molecule has 5 nitrogen and oxygen atoms in total. The molecule has 0 saturated heterocycles. The number of thiazole rings is 1. The number of ether oxygens (including phenoxy) is 1. The largest absolute Gasteiger partial charge is 0.416 e. The first-order valence-corrected chi connectivity index (χ1v) is 10.6. The first-order chi connectivity index (χ1) is 14.2. The van der Waals surface area contributed by atoms with E-state index in [0.717, 1.165) is 16.8 Å². The fourth-order valence-corrected chi connectivity index (χ4v) is 3.82. The summed E-state index contributed by atoms with van der Waals surface area (Å²) in [4.78, 5) is 10.8. The Morgan fingerprint density at radius 1 is 1.32 bits per heavy atom. The van der Waals surface area contributed by atoms with E-state index < -0.39 is 11.7 Å². The first-order valence-electron chi connectivity index (χ1n) is 9.71. The Morgan fingerprint density at radius 2 is 2.03 bits per heavy atom. The van der Waals surface area contributed by atoms with Crippen LogP contribution in [0.4, 0.5) is 13.2 Å². The van der Waals surface area contributed by atoms with Crippen LogP contribution in [-0.4, -0.2) is 43.6 Å². The smallest absolute Gasteiger partial charge is 0.375 e. The summed E-state index contributed by atoms with van der Waals surface area (Å²) in [5.74, 6) is 0.695. The zero-order chi connectivity index (χ0) is 22.3. The molecule has 31 heavy (non-hydrogen) atoms. The van der Waals surface area contributed by atoms with Crippen molar-refractivity contribution in [1.29, 1.82) is 0 Å². The second-order valence-electron chi connectivity index (χ2n) is 7.20. The van der Waals surface area contributed by atoms with Crippen molar-refractivity contribution in [3.05, 3.63) is 51.5 Å². The third-order valence-corrected chi connectivity index (χ3v) is 5.94. The van der Waals surface area contributed by atoms with Gasteiger partial charge in [-0.2, -0.15) is 13.2 Å². The van der Waals surface area contributed by atoms with E-state index in [1.165, 1.54) is 12.1 Å². The molecule has 1 heterocycles. The molecule has 1 aromatic carbocycles. The van der Waals surface area contributed by atoms with Gasteiger partial charge in [0, 0.05) is 33.1 Å². The van der Waals surface area contributed by atoms with Crippen LogP contribution < -0.4 is 5.32 Å². The molecule has 0 radical (unpaired) electrons. The van der Waals surface area contributed by atoms with Crippen molar-refractivity contribution in [1.82, 2.24) is 15.2 Å². The Hall–Kier alpha value is -1.40. The number of halogens is 4. The topological polar surface area (TPSA) is 49.8 Å². The lowest BCUT2D eigenvalue weighted by Gasteiger charge is -2.22. The van der Waals surface area contributed by atoms with Crippen LogP contribution in [0.1, 0.15) is 54.1 Å². The second-order valence-corrected chi connectivity index (χ2v) is 8.09. The second kappa shape index (κ2) is 12.6. The van der Waals surface area contributed by atoms with Gasteiger partial charge in [0.2, 0.25) is 0 Å². The molecule has 0 spiro atoms. The molecule has 2 aromatic rings. The fraction of sp³-hybridized carbons (Fsp3) is 0.524. The van der Waals surface area contributed by atoms with Crippen LogP contribution in [0.25, 0.3) is 0 Å². The van der Waals surface area contributed by atoms with Crippen LogP contribution in [0.2, 0.25) is 0 Å². The van der Waals surface area contributed by atoms with Crippen LogP contribution >= 0.6 is 35.3 Å². The third kappa shape index (κ3) is 8.23. The average molecular weight is 570 g/mol. The Bertz CT molecular complexity index is 844. The number of rotatable bonds is 8. The van der Waals surface area contributed by atoms with Crippen LogP contribution in [-0.2, 0) is 17.5 Å². The van der Waals surface area contributed by atoms with Crippen LogP contribution in [0.15, 0.2) is 34.6 Å². The first kappa shape index (κ1) is 27.6. The van der Waals surface area contributed by atoms with Gasteiger partial charge < -0.3 is 15.0 Å². The van der Waals surface area contributed by atoms with Crippen molar-refractivity contribution >= 4 is 41.3 Å². The van der Waals surface area contributed by atoms with Gasteiger partial charge in [0.15, 0.2) is 5.96 Å². The monoisotopic (exact) mass is 570 g/mol.